The van der Waals surface area contributed by atoms with Crippen LogP contribution >= 0.6 is 11.6 Å². The molecule has 4 heterocycles. The van der Waals surface area contributed by atoms with Gasteiger partial charge in [-0.05, 0) is 63.3 Å². The average Bonchev–Trinajstić information content (AvgIpc) is 3.45. The fourth-order valence-corrected chi connectivity index (χ4v) is 4.95. The predicted molar refractivity (Wildman–Crippen MR) is 146 cm³/mol. The summed E-state index contributed by atoms with van der Waals surface area (Å²) in [6.07, 6.45) is 8.00. The number of nitrogens with zero attached hydrogens (tertiary/aromatic N) is 7. The van der Waals surface area contributed by atoms with Gasteiger partial charge in [-0.2, -0.15) is 10.1 Å². The highest BCUT2D eigenvalue weighted by molar-refractivity contribution is 6.32. The van der Waals surface area contributed by atoms with Crippen LogP contribution in [0.1, 0.15) is 33.1 Å². The van der Waals surface area contributed by atoms with Crippen molar-refractivity contribution in [2.24, 2.45) is 13.0 Å². The molecule has 1 aromatic carbocycles. The van der Waals surface area contributed by atoms with E-state index in [-0.39, 0.29) is 5.69 Å². The minimum Gasteiger partial charge on any atom is -0.390 e. The molecule has 1 saturated heterocycles. The lowest BCUT2D eigenvalue weighted by atomic mass is 9.97. The van der Waals surface area contributed by atoms with Crippen LogP contribution in [-0.2, 0) is 20.1 Å². The van der Waals surface area contributed by atoms with Gasteiger partial charge in [0, 0.05) is 51.3 Å². The summed E-state index contributed by atoms with van der Waals surface area (Å²) in [6, 6.07) is 7.68. The van der Waals surface area contributed by atoms with Crippen molar-refractivity contribution in [1.29, 1.82) is 0 Å². The third kappa shape index (κ3) is 5.65. The van der Waals surface area contributed by atoms with Crippen LogP contribution in [0.5, 0.6) is 0 Å². The molecule has 10 nitrogen and oxygen atoms in total. The van der Waals surface area contributed by atoms with Gasteiger partial charge in [0.15, 0.2) is 5.82 Å². The second-order valence-corrected chi connectivity index (χ2v) is 10.8. The number of aromatic nitrogens is 6. The minimum absolute atomic E-state index is 0.116. The Kier molecular flexibility index (Phi) is 6.96. The number of hydrogen-bond acceptors (Lipinski definition) is 7. The summed E-state index contributed by atoms with van der Waals surface area (Å²) in [7, 11) is 1.75. The van der Waals surface area contributed by atoms with E-state index in [1.165, 1.54) is 0 Å². The molecule has 0 radical (unpaired) electrons. The first-order chi connectivity index (χ1) is 17.7. The SMILES string of the molecule is Cn1c(=O)n(CCC(C)(C)O)c2cc(Nc3nc(N4CCC(Cn5cccn5)CC4)ncc3Cl)ccc21. The zero-order valence-electron chi connectivity index (χ0n) is 21.4. The van der Waals surface area contributed by atoms with E-state index in [9.17, 15) is 9.90 Å². The maximum atomic E-state index is 12.8. The summed E-state index contributed by atoms with van der Waals surface area (Å²) < 4.78 is 5.31. The van der Waals surface area contributed by atoms with Crippen molar-refractivity contribution >= 4 is 40.1 Å². The molecular formula is C26H33ClN8O2. The molecule has 3 aromatic heterocycles. The monoisotopic (exact) mass is 524 g/mol. The van der Waals surface area contributed by atoms with Crippen molar-refractivity contribution in [3.63, 3.8) is 0 Å². The average molecular weight is 525 g/mol. The molecule has 0 spiro atoms. The van der Waals surface area contributed by atoms with Crippen molar-refractivity contribution in [2.45, 2.75) is 51.8 Å². The molecule has 0 amide bonds. The molecule has 1 fully saturated rings. The third-order valence-corrected chi connectivity index (χ3v) is 7.27. The molecule has 4 aromatic rings. The number of rotatable bonds is 8. The number of benzene rings is 1. The predicted octanol–water partition coefficient (Wildman–Crippen LogP) is 3.80. The van der Waals surface area contributed by atoms with E-state index >= 15 is 0 Å². The minimum atomic E-state index is -0.865. The Labute approximate surface area is 220 Å². The molecule has 1 aliphatic heterocycles. The van der Waals surface area contributed by atoms with E-state index in [0.717, 1.165) is 49.2 Å². The number of piperidine rings is 1. The van der Waals surface area contributed by atoms with E-state index < -0.39 is 5.60 Å². The Bertz CT molecular complexity index is 1430. The molecule has 1 aliphatic rings. The molecule has 0 atom stereocenters. The van der Waals surface area contributed by atoms with Crippen molar-refractivity contribution in [1.82, 2.24) is 28.9 Å². The molecule has 0 saturated carbocycles. The van der Waals surface area contributed by atoms with Gasteiger partial charge in [0.1, 0.15) is 5.02 Å². The zero-order valence-corrected chi connectivity index (χ0v) is 22.2. The van der Waals surface area contributed by atoms with Gasteiger partial charge in [0.05, 0.1) is 22.8 Å². The summed E-state index contributed by atoms with van der Waals surface area (Å²) in [5, 5.41) is 18.2. The van der Waals surface area contributed by atoms with Crippen molar-refractivity contribution in [2.75, 3.05) is 23.3 Å². The normalized spacial score (nSPS) is 15.0. The number of aryl methyl sites for hydroxylation is 2. The lowest BCUT2D eigenvalue weighted by molar-refractivity contribution is 0.0662. The smallest absolute Gasteiger partial charge is 0.328 e. The molecule has 11 heteroatoms. The first-order valence-electron chi connectivity index (χ1n) is 12.6. The van der Waals surface area contributed by atoms with Crippen molar-refractivity contribution in [3.05, 3.63) is 58.4 Å². The Morgan fingerprint density at radius 2 is 2.00 bits per heavy atom. The van der Waals surface area contributed by atoms with Crippen molar-refractivity contribution in [3.8, 4) is 0 Å². The number of nitrogens with one attached hydrogen (secondary N) is 1. The van der Waals surface area contributed by atoms with Gasteiger partial charge in [-0.15, -0.1) is 0 Å². The van der Waals surface area contributed by atoms with Crippen LogP contribution in [0.2, 0.25) is 5.02 Å². The third-order valence-electron chi connectivity index (χ3n) is 6.99. The van der Waals surface area contributed by atoms with Gasteiger partial charge in [-0.25, -0.2) is 9.78 Å². The highest BCUT2D eigenvalue weighted by Gasteiger charge is 2.22. The number of anilines is 3. The Morgan fingerprint density at radius 3 is 2.70 bits per heavy atom. The second-order valence-electron chi connectivity index (χ2n) is 10.4. The van der Waals surface area contributed by atoms with Crippen LogP contribution in [0.3, 0.4) is 0 Å². The number of imidazole rings is 1. The first-order valence-corrected chi connectivity index (χ1v) is 13.0. The first kappa shape index (κ1) is 25.3. The van der Waals surface area contributed by atoms with Gasteiger partial charge in [-0.3, -0.25) is 13.8 Å². The molecule has 37 heavy (non-hydrogen) atoms. The summed E-state index contributed by atoms with van der Waals surface area (Å²) in [6.45, 7) is 6.57. The van der Waals surface area contributed by atoms with E-state index in [1.807, 2.05) is 41.3 Å². The molecule has 196 valence electrons. The van der Waals surface area contributed by atoms with Crippen LogP contribution in [-0.4, -0.2) is 52.7 Å². The highest BCUT2D eigenvalue weighted by Crippen LogP contribution is 2.29. The number of aliphatic hydroxyl groups is 1. The van der Waals surface area contributed by atoms with Crippen molar-refractivity contribution < 1.29 is 5.11 Å². The van der Waals surface area contributed by atoms with Gasteiger partial charge in [-0.1, -0.05) is 11.6 Å². The zero-order chi connectivity index (χ0) is 26.2. The van der Waals surface area contributed by atoms with E-state index in [2.05, 4.69) is 20.3 Å². The second kappa shape index (κ2) is 10.2. The Hall–Kier alpha value is -3.37. The maximum Gasteiger partial charge on any atom is 0.328 e. The van der Waals surface area contributed by atoms with Crippen LogP contribution in [0.15, 0.2) is 47.7 Å². The van der Waals surface area contributed by atoms with E-state index in [1.54, 1.807) is 36.2 Å². The maximum absolute atomic E-state index is 12.8. The summed E-state index contributed by atoms with van der Waals surface area (Å²) in [4.78, 5) is 24.2. The van der Waals surface area contributed by atoms with Gasteiger partial charge in [0.25, 0.3) is 0 Å². The van der Waals surface area contributed by atoms with Gasteiger partial charge in [0.2, 0.25) is 5.95 Å². The van der Waals surface area contributed by atoms with Gasteiger partial charge >= 0.3 is 5.69 Å². The summed E-state index contributed by atoms with van der Waals surface area (Å²) >= 11 is 6.46. The summed E-state index contributed by atoms with van der Waals surface area (Å²) in [5.74, 6) is 1.74. The Balaban J connectivity index is 1.33. The molecule has 0 aliphatic carbocycles. The lowest BCUT2D eigenvalue weighted by Gasteiger charge is -2.32. The quantitative estimate of drug-likeness (QED) is 0.361. The van der Waals surface area contributed by atoms with Gasteiger partial charge < -0.3 is 15.3 Å². The van der Waals surface area contributed by atoms with E-state index in [0.29, 0.717) is 35.7 Å². The summed E-state index contributed by atoms with van der Waals surface area (Å²) in [5.41, 5.74) is 1.38. The van der Waals surface area contributed by atoms with Crippen LogP contribution < -0.4 is 15.9 Å². The van der Waals surface area contributed by atoms with E-state index in [4.69, 9.17) is 16.6 Å². The fourth-order valence-electron chi connectivity index (χ4n) is 4.81. The topological polar surface area (TPSA) is 106 Å². The molecule has 2 N–H and O–H groups in total. The highest BCUT2D eigenvalue weighted by atomic mass is 35.5. The molecular weight excluding hydrogens is 492 g/mol. The van der Waals surface area contributed by atoms with Crippen LogP contribution in [0.25, 0.3) is 11.0 Å². The number of fused-ring (bicyclic) bond motifs is 1. The van der Waals surface area contributed by atoms with Crippen LogP contribution in [0.4, 0.5) is 17.5 Å². The molecule has 0 unspecified atom stereocenters. The fraction of sp³-hybridized carbons (Fsp3) is 0.462. The number of hydrogen-bond donors (Lipinski definition) is 2. The largest absolute Gasteiger partial charge is 0.390 e. The standard InChI is InChI=1S/C26H33ClN8O2/c1-26(2,37)9-14-35-22-15-19(5-6-21(22)32(3)25(35)36)30-23-20(27)16-28-24(31-23)33-12-7-18(8-13-33)17-34-11-4-10-29-34/h4-6,10-11,15-16,18,37H,7-9,12-14,17H2,1-3H3,(H,28,30,31). The Morgan fingerprint density at radius 1 is 1.22 bits per heavy atom. The lowest BCUT2D eigenvalue weighted by Crippen LogP contribution is -2.36. The van der Waals surface area contributed by atoms with Crippen LogP contribution in [0, 0.1) is 5.92 Å². The molecule has 5 rings (SSSR count). The molecule has 0 bridgehead atoms. The number of halogens is 1.